The van der Waals surface area contributed by atoms with Crippen LogP contribution >= 0.6 is 0 Å². The van der Waals surface area contributed by atoms with Crippen LogP contribution in [-0.2, 0) is 6.54 Å². The average molecular weight is 341 g/mol. The predicted octanol–water partition coefficient (Wildman–Crippen LogP) is 5.25. The Morgan fingerprint density at radius 2 is 1.73 bits per heavy atom. The predicted molar refractivity (Wildman–Crippen MR) is 107 cm³/mol. The summed E-state index contributed by atoms with van der Waals surface area (Å²) >= 11 is 0. The van der Waals surface area contributed by atoms with Crippen LogP contribution in [0, 0.1) is 13.8 Å². The van der Waals surface area contributed by atoms with Crippen molar-refractivity contribution in [3.8, 4) is 0 Å². The molecule has 1 atom stereocenters. The minimum absolute atomic E-state index is 0.204. The molecule has 0 aliphatic rings. The molecule has 1 unspecified atom stereocenters. The molecule has 0 saturated carbocycles. The van der Waals surface area contributed by atoms with Gasteiger partial charge in [0.25, 0.3) is 0 Å². The van der Waals surface area contributed by atoms with Crippen LogP contribution in [-0.4, -0.2) is 14.5 Å². The van der Waals surface area contributed by atoms with Gasteiger partial charge in [-0.15, -0.1) is 0 Å². The molecule has 130 valence electrons. The van der Waals surface area contributed by atoms with Gasteiger partial charge in [-0.3, -0.25) is 4.98 Å². The van der Waals surface area contributed by atoms with E-state index in [1.165, 1.54) is 27.8 Å². The second-order valence-electron chi connectivity index (χ2n) is 6.98. The summed E-state index contributed by atoms with van der Waals surface area (Å²) in [6.07, 6.45) is 3.70. The Labute approximate surface area is 154 Å². The molecule has 0 bridgehead atoms. The van der Waals surface area contributed by atoms with Crippen LogP contribution in [0.15, 0.2) is 67.0 Å². The number of nitrogens with zero attached hydrogens (tertiary/aromatic N) is 3. The third-order valence-electron chi connectivity index (χ3n) is 5.11. The number of aryl methyl sites for hydroxylation is 2. The lowest BCUT2D eigenvalue weighted by atomic mass is 10.0. The van der Waals surface area contributed by atoms with Crippen molar-refractivity contribution in [2.45, 2.75) is 33.2 Å². The van der Waals surface area contributed by atoms with Crippen LogP contribution in [0.5, 0.6) is 0 Å². The van der Waals surface area contributed by atoms with Crippen molar-refractivity contribution in [2.75, 3.05) is 0 Å². The zero-order valence-corrected chi connectivity index (χ0v) is 15.5. The molecule has 4 aromatic rings. The van der Waals surface area contributed by atoms with Crippen LogP contribution in [0.2, 0.25) is 0 Å². The maximum Gasteiger partial charge on any atom is 0.117 e. The molecule has 26 heavy (non-hydrogen) atoms. The highest BCUT2D eigenvalue weighted by molar-refractivity contribution is 5.76. The fourth-order valence-corrected chi connectivity index (χ4v) is 3.53. The summed E-state index contributed by atoms with van der Waals surface area (Å²) in [6, 6.07) is 19.2. The largest absolute Gasteiger partial charge is 0.323 e. The number of hydrogen-bond acceptors (Lipinski definition) is 2. The van der Waals surface area contributed by atoms with Gasteiger partial charge in [0.05, 0.1) is 11.0 Å². The second kappa shape index (κ2) is 6.75. The number of para-hydroxylation sites is 2. The van der Waals surface area contributed by atoms with E-state index in [-0.39, 0.29) is 5.92 Å². The SMILES string of the molecule is Cc1ccc(C)c(Cn2c(C(C)c3ccncc3)nc3ccccc32)c1. The molecule has 0 aliphatic carbocycles. The normalized spacial score (nSPS) is 12.4. The zero-order valence-electron chi connectivity index (χ0n) is 15.5. The van der Waals surface area contributed by atoms with Gasteiger partial charge in [-0.05, 0) is 54.8 Å². The molecule has 2 aromatic carbocycles. The first-order valence-electron chi connectivity index (χ1n) is 9.04. The molecule has 0 spiro atoms. The van der Waals surface area contributed by atoms with Crippen molar-refractivity contribution >= 4 is 11.0 Å². The van der Waals surface area contributed by atoms with Crippen molar-refractivity contribution in [3.63, 3.8) is 0 Å². The van der Waals surface area contributed by atoms with E-state index in [0.717, 1.165) is 17.9 Å². The summed E-state index contributed by atoms with van der Waals surface area (Å²) in [5, 5.41) is 0. The van der Waals surface area contributed by atoms with E-state index >= 15 is 0 Å². The molecule has 3 nitrogen and oxygen atoms in total. The summed E-state index contributed by atoms with van der Waals surface area (Å²) in [4.78, 5) is 9.13. The molecule has 0 radical (unpaired) electrons. The first-order valence-corrected chi connectivity index (χ1v) is 9.04. The standard InChI is InChI=1S/C23H23N3/c1-16-8-9-17(2)20(14-16)15-26-22-7-5-4-6-21(22)25-23(26)18(3)19-10-12-24-13-11-19/h4-14,18H,15H2,1-3H3. The summed E-state index contributed by atoms with van der Waals surface area (Å²) < 4.78 is 2.36. The van der Waals surface area contributed by atoms with Crippen LogP contribution < -0.4 is 0 Å². The maximum atomic E-state index is 4.98. The average Bonchev–Trinajstić information content (AvgIpc) is 3.03. The smallest absolute Gasteiger partial charge is 0.117 e. The highest BCUT2D eigenvalue weighted by Gasteiger charge is 2.18. The van der Waals surface area contributed by atoms with Gasteiger partial charge in [0, 0.05) is 24.9 Å². The minimum Gasteiger partial charge on any atom is -0.323 e. The lowest BCUT2D eigenvalue weighted by molar-refractivity contribution is 0.702. The Bertz CT molecular complexity index is 1050. The molecule has 0 saturated heterocycles. The highest BCUT2D eigenvalue weighted by Crippen LogP contribution is 2.28. The molecule has 2 heterocycles. The summed E-state index contributed by atoms with van der Waals surface area (Å²) in [7, 11) is 0. The van der Waals surface area contributed by atoms with Crippen LogP contribution in [0.25, 0.3) is 11.0 Å². The van der Waals surface area contributed by atoms with Crippen molar-refractivity contribution in [2.24, 2.45) is 0 Å². The molecular weight excluding hydrogens is 318 g/mol. The van der Waals surface area contributed by atoms with E-state index in [0.29, 0.717) is 0 Å². The molecule has 3 heteroatoms. The van der Waals surface area contributed by atoms with Crippen molar-refractivity contribution in [3.05, 3.63) is 95.1 Å². The second-order valence-corrected chi connectivity index (χ2v) is 6.98. The molecular formula is C23H23N3. The maximum absolute atomic E-state index is 4.98. The van der Waals surface area contributed by atoms with Crippen molar-refractivity contribution < 1.29 is 0 Å². The lowest BCUT2D eigenvalue weighted by Crippen LogP contribution is -2.10. The Morgan fingerprint density at radius 1 is 0.962 bits per heavy atom. The monoisotopic (exact) mass is 341 g/mol. The quantitative estimate of drug-likeness (QED) is 0.508. The van der Waals surface area contributed by atoms with Gasteiger partial charge in [0.15, 0.2) is 0 Å². The van der Waals surface area contributed by atoms with E-state index in [4.69, 9.17) is 4.98 Å². The fraction of sp³-hybridized carbons (Fsp3) is 0.217. The number of imidazole rings is 1. The summed E-state index contributed by atoms with van der Waals surface area (Å²) in [5.74, 6) is 1.30. The Morgan fingerprint density at radius 3 is 2.54 bits per heavy atom. The summed E-state index contributed by atoms with van der Waals surface area (Å²) in [5.41, 5.74) is 7.42. The van der Waals surface area contributed by atoms with Gasteiger partial charge in [-0.2, -0.15) is 0 Å². The topological polar surface area (TPSA) is 30.7 Å². The number of rotatable bonds is 4. The van der Waals surface area contributed by atoms with Crippen molar-refractivity contribution in [1.82, 2.24) is 14.5 Å². The summed E-state index contributed by atoms with van der Waals surface area (Å²) in [6.45, 7) is 7.38. The molecule has 0 amide bonds. The first kappa shape index (κ1) is 16.5. The van der Waals surface area contributed by atoms with E-state index in [9.17, 15) is 0 Å². The molecule has 0 aliphatic heterocycles. The van der Waals surface area contributed by atoms with E-state index in [1.54, 1.807) is 0 Å². The number of hydrogen-bond donors (Lipinski definition) is 0. The van der Waals surface area contributed by atoms with Crippen LogP contribution in [0.1, 0.15) is 40.9 Å². The molecule has 0 N–H and O–H groups in total. The van der Waals surface area contributed by atoms with Crippen LogP contribution in [0.4, 0.5) is 0 Å². The first-order chi connectivity index (χ1) is 12.6. The minimum atomic E-state index is 0.204. The van der Waals surface area contributed by atoms with Gasteiger partial charge < -0.3 is 4.57 Å². The third-order valence-corrected chi connectivity index (χ3v) is 5.11. The van der Waals surface area contributed by atoms with Gasteiger partial charge in [0.1, 0.15) is 5.82 Å². The Kier molecular flexibility index (Phi) is 4.29. The van der Waals surface area contributed by atoms with Crippen LogP contribution in [0.3, 0.4) is 0 Å². The van der Waals surface area contributed by atoms with Gasteiger partial charge in [-0.1, -0.05) is 42.8 Å². The van der Waals surface area contributed by atoms with Gasteiger partial charge >= 0.3 is 0 Å². The Balaban J connectivity index is 1.86. The van der Waals surface area contributed by atoms with Crippen molar-refractivity contribution in [1.29, 1.82) is 0 Å². The number of pyridine rings is 1. The molecule has 2 aromatic heterocycles. The van der Waals surface area contributed by atoms with Gasteiger partial charge in [-0.25, -0.2) is 4.98 Å². The van der Waals surface area contributed by atoms with E-state index in [2.05, 4.69) is 84.9 Å². The molecule has 4 rings (SSSR count). The number of fused-ring (bicyclic) bond motifs is 1. The van der Waals surface area contributed by atoms with Gasteiger partial charge in [0.2, 0.25) is 0 Å². The fourth-order valence-electron chi connectivity index (χ4n) is 3.53. The van der Waals surface area contributed by atoms with E-state index in [1.807, 2.05) is 12.4 Å². The van der Waals surface area contributed by atoms with E-state index < -0.39 is 0 Å². The lowest BCUT2D eigenvalue weighted by Gasteiger charge is -2.16. The third kappa shape index (κ3) is 3.01. The Hall–Kier alpha value is -2.94. The molecule has 0 fully saturated rings. The highest BCUT2D eigenvalue weighted by atomic mass is 15.1. The zero-order chi connectivity index (χ0) is 18.1. The number of aromatic nitrogens is 3. The number of benzene rings is 2.